The van der Waals surface area contributed by atoms with E-state index in [1.165, 1.54) is 16.5 Å². The molecule has 24 heavy (non-hydrogen) atoms. The molecule has 2 aromatic rings. The first-order valence-corrected chi connectivity index (χ1v) is 8.79. The maximum atomic E-state index is 13.2. The van der Waals surface area contributed by atoms with Gasteiger partial charge in [0.2, 0.25) is 0 Å². The van der Waals surface area contributed by atoms with Crippen LogP contribution in [0.2, 0.25) is 5.02 Å². The van der Waals surface area contributed by atoms with Crippen molar-refractivity contribution in [1.82, 2.24) is 4.90 Å². The van der Waals surface area contributed by atoms with E-state index < -0.39 is 5.82 Å². The second-order valence-corrected chi connectivity index (χ2v) is 6.79. The third-order valence-corrected chi connectivity index (χ3v) is 4.78. The highest BCUT2D eigenvalue weighted by Crippen LogP contribution is 2.19. The van der Waals surface area contributed by atoms with E-state index in [9.17, 15) is 4.39 Å². The van der Waals surface area contributed by atoms with E-state index in [1.807, 2.05) is 6.07 Å². The lowest BCUT2D eigenvalue weighted by molar-refractivity contribution is -0.927. The Morgan fingerprint density at radius 2 is 2.04 bits per heavy atom. The summed E-state index contributed by atoms with van der Waals surface area (Å²) in [5.74, 6) is -0.426. The van der Waals surface area contributed by atoms with Gasteiger partial charge in [-0.1, -0.05) is 41.9 Å². The van der Waals surface area contributed by atoms with E-state index >= 15 is 0 Å². The Balaban J connectivity index is 1.59. The quantitative estimate of drug-likeness (QED) is 0.817. The van der Waals surface area contributed by atoms with Crippen LogP contribution in [-0.4, -0.2) is 29.8 Å². The van der Waals surface area contributed by atoms with Gasteiger partial charge in [-0.15, -0.1) is 0 Å². The average Bonchev–Trinajstić information content (AvgIpc) is 2.59. The Bertz CT molecular complexity index is 711. The predicted octanol–water partition coefficient (Wildman–Crippen LogP) is 2.92. The Kier molecular flexibility index (Phi) is 5.66. The summed E-state index contributed by atoms with van der Waals surface area (Å²) >= 11 is 11.3. The number of hydrogen-bond donors (Lipinski definition) is 2. The number of rotatable bonds is 3. The summed E-state index contributed by atoms with van der Waals surface area (Å²) in [6.45, 7) is 3.91. The minimum absolute atomic E-state index is 0.0952. The molecule has 3 rings (SSSR count). The molecular weight excluding hydrogens is 345 g/mol. The molecular formula is C18H20ClFN3S+. The van der Waals surface area contributed by atoms with Crippen LogP contribution in [0.3, 0.4) is 0 Å². The number of thiocarbonyl (C=S) groups is 1. The Hall–Kier alpha value is -1.69. The normalized spacial score (nSPS) is 17.6. The molecule has 0 saturated carbocycles. The molecule has 0 radical (unpaired) electrons. The summed E-state index contributed by atoms with van der Waals surface area (Å²) in [5.41, 5.74) is 2.04. The van der Waals surface area contributed by atoms with Crippen molar-refractivity contribution in [2.24, 2.45) is 0 Å². The van der Waals surface area contributed by atoms with Gasteiger partial charge in [0.25, 0.3) is 0 Å². The van der Waals surface area contributed by atoms with Crippen LogP contribution in [0.1, 0.15) is 12.0 Å². The van der Waals surface area contributed by atoms with Gasteiger partial charge >= 0.3 is 0 Å². The van der Waals surface area contributed by atoms with Crippen molar-refractivity contribution >= 4 is 34.6 Å². The van der Waals surface area contributed by atoms with Crippen LogP contribution in [0.4, 0.5) is 10.1 Å². The van der Waals surface area contributed by atoms with Crippen molar-refractivity contribution in [1.29, 1.82) is 0 Å². The molecule has 0 aromatic heterocycles. The van der Waals surface area contributed by atoms with Crippen molar-refractivity contribution < 1.29 is 9.29 Å². The smallest absolute Gasteiger partial charge is 0.177 e. The first kappa shape index (κ1) is 17.1. The van der Waals surface area contributed by atoms with Crippen molar-refractivity contribution in [2.75, 3.05) is 25.1 Å². The predicted molar refractivity (Wildman–Crippen MR) is 99.8 cm³/mol. The first-order valence-electron chi connectivity index (χ1n) is 8.00. The SMILES string of the molecule is Fc1ccc(NC(=S)N2CCC[NH+](Cc3ccccc3)C2)cc1Cl. The summed E-state index contributed by atoms with van der Waals surface area (Å²) in [6.07, 6.45) is 1.09. The number of hydrogen-bond acceptors (Lipinski definition) is 1. The second kappa shape index (κ2) is 7.92. The van der Waals surface area contributed by atoms with Gasteiger partial charge in [0, 0.05) is 24.2 Å². The molecule has 1 saturated heterocycles. The summed E-state index contributed by atoms with van der Waals surface area (Å²) in [5, 5.41) is 3.91. The number of nitrogens with zero attached hydrogens (tertiary/aromatic N) is 1. The Morgan fingerprint density at radius 3 is 2.79 bits per heavy atom. The maximum absolute atomic E-state index is 13.2. The molecule has 0 amide bonds. The molecule has 1 atom stereocenters. The molecule has 2 N–H and O–H groups in total. The molecule has 0 spiro atoms. The fraction of sp³-hybridized carbons (Fsp3) is 0.278. The second-order valence-electron chi connectivity index (χ2n) is 6.00. The van der Waals surface area contributed by atoms with Crippen LogP contribution >= 0.6 is 23.8 Å². The molecule has 1 fully saturated rings. The lowest BCUT2D eigenvalue weighted by Crippen LogP contribution is -3.13. The monoisotopic (exact) mass is 364 g/mol. The van der Waals surface area contributed by atoms with Gasteiger partial charge < -0.3 is 15.1 Å². The maximum Gasteiger partial charge on any atom is 0.177 e. The minimum atomic E-state index is -0.426. The standard InChI is InChI=1S/C18H19ClFN3S/c19-16-11-15(7-8-17(16)20)21-18(24)23-10-4-9-22(13-23)12-14-5-2-1-3-6-14/h1-3,5-8,11H,4,9-10,12-13H2,(H,21,24)/p+1. The van der Waals surface area contributed by atoms with Crippen LogP contribution in [0.15, 0.2) is 48.5 Å². The van der Waals surface area contributed by atoms with Crippen molar-refractivity contribution in [3.8, 4) is 0 Å². The number of anilines is 1. The summed E-state index contributed by atoms with van der Waals surface area (Å²) in [7, 11) is 0. The number of nitrogens with one attached hydrogen (secondary N) is 2. The van der Waals surface area contributed by atoms with Gasteiger partial charge in [-0.05, 0) is 30.4 Å². The molecule has 0 aliphatic carbocycles. The van der Waals surface area contributed by atoms with Crippen molar-refractivity contribution in [2.45, 2.75) is 13.0 Å². The van der Waals surface area contributed by atoms with Crippen LogP contribution in [0.5, 0.6) is 0 Å². The zero-order valence-corrected chi connectivity index (χ0v) is 14.8. The molecule has 3 nitrogen and oxygen atoms in total. The fourth-order valence-corrected chi connectivity index (χ4v) is 3.38. The van der Waals surface area contributed by atoms with E-state index in [-0.39, 0.29) is 5.02 Å². The molecule has 1 aliphatic rings. The number of quaternary nitrogens is 1. The zero-order chi connectivity index (χ0) is 16.9. The molecule has 0 bridgehead atoms. The number of halogens is 2. The lowest BCUT2D eigenvalue weighted by atomic mass is 10.2. The Morgan fingerprint density at radius 1 is 1.25 bits per heavy atom. The van der Waals surface area contributed by atoms with Crippen LogP contribution in [0, 0.1) is 5.82 Å². The lowest BCUT2D eigenvalue weighted by Gasteiger charge is -2.34. The summed E-state index contributed by atoms with van der Waals surface area (Å²) in [6, 6.07) is 15.0. The van der Waals surface area contributed by atoms with E-state index in [0.717, 1.165) is 32.7 Å². The molecule has 126 valence electrons. The Labute approximate surface area is 152 Å². The van der Waals surface area contributed by atoms with E-state index in [0.29, 0.717) is 10.8 Å². The van der Waals surface area contributed by atoms with E-state index in [1.54, 1.807) is 12.1 Å². The third-order valence-electron chi connectivity index (χ3n) is 4.13. The van der Waals surface area contributed by atoms with Crippen LogP contribution in [-0.2, 0) is 6.54 Å². The highest BCUT2D eigenvalue weighted by molar-refractivity contribution is 7.80. The van der Waals surface area contributed by atoms with Gasteiger partial charge in [-0.25, -0.2) is 4.39 Å². The highest BCUT2D eigenvalue weighted by Gasteiger charge is 2.22. The average molecular weight is 365 g/mol. The van der Waals surface area contributed by atoms with E-state index in [4.69, 9.17) is 23.8 Å². The summed E-state index contributed by atoms with van der Waals surface area (Å²) in [4.78, 5) is 3.64. The van der Waals surface area contributed by atoms with Crippen LogP contribution in [0.25, 0.3) is 0 Å². The highest BCUT2D eigenvalue weighted by atomic mass is 35.5. The topological polar surface area (TPSA) is 19.7 Å². The largest absolute Gasteiger partial charge is 0.332 e. The van der Waals surface area contributed by atoms with Crippen molar-refractivity contribution in [3.63, 3.8) is 0 Å². The first-order chi connectivity index (χ1) is 11.6. The zero-order valence-electron chi connectivity index (χ0n) is 13.3. The fourth-order valence-electron chi connectivity index (χ4n) is 2.93. The van der Waals surface area contributed by atoms with Crippen LogP contribution < -0.4 is 10.2 Å². The van der Waals surface area contributed by atoms with Gasteiger partial charge in [0.15, 0.2) is 11.8 Å². The molecule has 1 heterocycles. The molecule has 6 heteroatoms. The van der Waals surface area contributed by atoms with Gasteiger partial charge in [-0.3, -0.25) is 0 Å². The minimum Gasteiger partial charge on any atom is -0.332 e. The molecule has 2 aromatic carbocycles. The third kappa shape index (κ3) is 4.44. The van der Waals surface area contributed by atoms with Gasteiger partial charge in [0.05, 0.1) is 11.6 Å². The van der Waals surface area contributed by atoms with Gasteiger partial charge in [0.1, 0.15) is 12.4 Å². The van der Waals surface area contributed by atoms with E-state index in [2.05, 4.69) is 34.5 Å². The van der Waals surface area contributed by atoms with Gasteiger partial charge in [-0.2, -0.15) is 0 Å². The number of benzene rings is 2. The summed E-state index contributed by atoms with van der Waals surface area (Å²) < 4.78 is 13.2. The molecule has 1 aliphatic heterocycles. The molecule has 1 unspecified atom stereocenters. The van der Waals surface area contributed by atoms with Crippen molar-refractivity contribution in [3.05, 3.63) is 64.9 Å².